The molecule has 6 nitrogen and oxygen atoms in total. The van der Waals surface area contributed by atoms with Crippen molar-refractivity contribution in [3.63, 3.8) is 0 Å². The third kappa shape index (κ3) is 5.68. The molecular formula is C28H36N2O4. The first-order valence-electron chi connectivity index (χ1n) is 12.2. The first kappa shape index (κ1) is 24.4. The maximum atomic E-state index is 13.3. The largest absolute Gasteiger partial charge is 0.456 e. The van der Waals surface area contributed by atoms with Gasteiger partial charge in [-0.25, -0.2) is 4.79 Å². The molecule has 1 N–H and O–H groups in total. The van der Waals surface area contributed by atoms with Crippen LogP contribution < -0.4 is 10.2 Å². The number of fused-ring (bicyclic) bond motifs is 1. The van der Waals surface area contributed by atoms with Crippen LogP contribution in [-0.4, -0.2) is 50.2 Å². The van der Waals surface area contributed by atoms with Gasteiger partial charge in [-0.1, -0.05) is 24.3 Å². The molecule has 0 aromatic heterocycles. The van der Waals surface area contributed by atoms with E-state index in [2.05, 4.69) is 28.4 Å². The minimum absolute atomic E-state index is 0.140. The predicted octanol–water partition coefficient (Wildman–Crippen LogP) is 4.26. The summed E-state index contributed by atoms with van der Waals surface area (Å²) in [6.07, 6.45) is 3.63. The van der Waals surface area contributed by atoms with Crippen molar-refractivity contribution in [2.45, 2.75) is 64.2 Å². The van der Waals surface area contributed by atoms with Crippen LogP contribution >= 0.6 is 0 Å². The lowest BCUT2D eigenvalue weighted by atomic mass is 9.88. The number of nitrogens with zero attached hydrogens (tertiary/aromatic N) is 1. The van der Waals surface area contributed by atoms with E-state index in [9.17, 15) is 9.59 Å². The third-order valence-electron chi connectivity index (χ3n) is 6.63. The van der Waals surface area contributed by atoms with Crippen LogP contribution in [0.25, 0.3) is 0 Å². The topological polar surface area (TPSA) is 67.9 Å². The molecule has 1 fully saturated rings. The molecule has 2 aromatic carbocycles. The number of ketones is 1. The predicted molar refractivity (Wildman–Crippen MR) is 133 cm³/mol. The Morgan fingerprint density at radius 2 is 1.76 bits per heavy atom. The zero-order valence-electron chi connectivity index (χ0n) is 20.7. The number of benzene rings is 2. The quantitative estimate of drug-likeness (QED) is 0.645. The SMILES string of the molecule is COC1CCN(c2cccc3c2CCNC3C(=O)Cc2ccc(C(=O)OC(C)(C)C)cc2)CC1. The summed E-state index contributed by atoms with van der Waals surface area (Å²) in [5.74, 6) is -0.212. The monoisotopic (exact) mass is 464 g/mol. The van der Waals surface area contributed by atoms with Gasteiger partial charge in [0.25, 0.3) is 0 Å². The molecule has 0 saturated carbocycles. The van der Waals surface area contributed by atoms with E-state index in [0.717, 1.165) is 50.0 Å². The van der Waals surface area contributed by atoms with Crippen LogP contribution in [0, 0.1) is 0 Å². The van der Waals surface area contributed by atoms with Crippen molar-refractivity contribution >= 4 is 17.4 Å². The highest BCUT2D eigenvalue weighted by Crippen LogP contribution is 2.34. The second kappa shape index (κ2) is 10.3. The number of anilines is 1. The number of nitrogens with one attached hydrogen (secondary N) is 1. The Labute approximate surface area is 202 Å². The van der Waals surface area contributed by atoms with Gasteiger partial charge in [0, 0.05) is 38.9 Å². The van der Waals surface area contributed by atoms with Gasteiger partial charge in [-0.15, -0.1) is 0 Å². The van der Waals surface area contributed by atoms with Gasteiger partial charge in [0.1, 0.15) is 5.60 Å². The Morgan fingerprint density at radius 3 is 2.41 bits per heavy atom. The van der Waals surface area contributed by atoms with Crippen molar-refractivity contribution in [3.05, 3.63) is 64.7 Å². The summed E-state index contributed by atoms with van der Waals surface area (Å²) in [5, 5.41) is 3.43. The molecule has 34 heavy (non-hydrogen) atoms. The van der Waals surface area contributed by atoms with Crippen LogP contribution in [0.3, 0.4) is 0 Å². The summed E-state index contributed by atoms with van der Waals surface area (Å²) in [4.78, 5) is 28.0. The fraction of sp³-hybridized carbons (Fsp3) is 0.500. The lowest BCUT2D eigenvalue weighted by Gasteiger charge is -2.36. The molecule has 6 heteroatoms. The maximum Gasteiger partial charge on any atom is 0.338 e. The van der Waals surface area contributed by atoms with Crippen LogP contribution in [0.4, 0.5) is 5.69 Å². The van der Waals surface area contributed by atoms with Crippen LogP contribution in [0.5, 0.6) is 0 Å². The highest BCUT2D eigenvalue weighted by Gasteiger charge is 2.29. The molecule has 1 saturated heterocycles. The van der Waals surface area contributed by atoms with E-state index in [1.165, 1.54) is 11.3 Å². The van der Waals surface area contributed by atoms with E-state index >= 15 is 0 Å². The van der Waals surface area contributed by atoms with Crippen molar-refractivity contribution < 1.29 is 19.1 Å². The van der Waals surface area contributed by atoms with Gasteiger partial charge in [-0.3, -0.25) is 4.79 Å². The van der Waals surface area contributed by atoms with Crippen molar-refractivity contribution in [1.82, 2.24) is 5.32 Å². The fourth-order valence-corrected chi connectivity index (χ4v) is 4.90. The first-order valence-corrected chi connectivity index (χ1v) is 12.2. The molecular weight excluding hydrogens is 428 g/mol. The summed E-state index contributed by atoms with van der Waals surface area (Å²) in [5.41, 5.74) is 4.49. The van der Waals surface area contributed by atoms with Crippen LogP contribution in [0.1, 0.15) is 66.7 Å². The smallest absolute Gasteiger partial charge is 0.338 e. The lowest BCUT2D eigenvalue weighted by molar-refractivity contribution is -0.120. The number of esters is 1. The number of hydrogen-bond acceptors (Lipinski definition) is 6. The van der Waals surface area contributed by atoms with Crippen molar-refractivity contribution in [2.24, 2.45) is 0 Å². The van der Waals surface area contributed by atoms with Crippen molar-refractivity contribution in [2.75, 3.05) is 31.6 Å². The van der Waals surface area contributed by atoms with Gasteiger partial charge >= 0.3 is 5.97 Å². The number of rotatable bonds is 6. The molecule has 0 aliphatic carbocycles. The lowest BCUT2D eigenvalue weighted by Crippen LogP contribution is -2.40. The summed E-state index contributed by atoms with van der Waals surface area (Å²) < 4.78 is 11.0. The molecule has 0 radical (unpaired) electrons. The number of methoxy groups -OCH3 is 1. The van der Waals surface area contributed by atoms with Crippen molar-refractivity contribution in [1.29, 1.82) is 0 Å². The summed E-state index contributed by atoms with van der Waals surface area (Å²) in [7, 11) is 1.79. The number of piperidine rings is 1. The van der Waals surface area contributed by atoms with Gasteiger partial charge in [-0.05, 0) is 74.9 Å². The Morgan fingerprint density at radius 1 is 1.06 bits per heavy atom. The number of ether oxygens (including phenoxy) is 2. The molecule has 0 spiro atoms. The molecule has 1 atom stereocenters. The molecule has 2 heterocycles. The molecule has 4 rings (SSSR count). The summed E-state index contributed by atoms with van der Waals surface area (Å²) in [6.45, 7) is 8.28. The zero-order valence-corrected chi connectivity index (χ0v) is 20.7. The van der Waals surface area contributed by atoms with Gasteiger partial charge in [0.2, 0.25) is 0 Å². The van der Waals surface area contributed by atoms with Crippen molar-refractivity contribution in [3.8, 4) is 0 Å². The third-order valence-corrected chi connectivity index (χ3v) is 6.63. The Bertz CT molecular complexity index is 1020. The van der Waals surface area contributed by atoms with E-state index in [0.29, 0.717) is 18.1 Å². The van der Waals surface area contributed by atoms with E-state index in [-0.39, 0.29) is 17.8 Å². The highest BCUT2D eigenvalue weighted by molar-refractivity contribution is 5.91. The van der Waals surface area contributed by atoms with E-state index in [4.69, 9.17) is 9.47 Å². The van der Waals surface area contributed by atoms with Crippen LogP contribution in [0.2, 0.25) is 0 Å². The number of carbonyl (C=O) groups excluding carboxylic acids is 2. The highest BCUT2D eigenvalue weighted by atomic mass is 16.6. The second-order valence-corrected chi connectivity index (χ2v) is 10.2. The molecule has 2 aromatic rings. The van der Waals surface area contributed by atoms with Gasteiger partial charge in [0.05, 0.1) is 17.7 Å². The molecule has 182 valence electrons. The summed E-state index contributed by atoms with van der Waals surface area (Å²) in [6, 6.07) is 13.2. The van der Waals surface area contributed by atoms with Gasteiger partial charge in [0.15, 0.2) is 5.78 Å². The summed E-state index contributed by atoms with van der Waals surface area (Å²) >= 11 is 0. The first-order chi connectivity index (χ1) is 16.2. The normalized spacial score (nSPS) is 18.9. The average molecular weight is 465 g/mol. The van der Waals surface area contributed by atoms with E-state index < -0.39 is 5.60 Å². The Hall–Kier alpha value is -2.70. The van der Waals surface area contributed by atoms with Crippen LogP contribution in [0.15, 0.2) is 42.5 Å². The van der Waals surface area contributed by atoms with Gasteiger partial charge < -0.3 is 19.7 Å². The van der Waals surface area contributed by atoms with Crippen LogP contribution in [-0.2, 0) is 27.1 Å². The van der Waals surface area contributed by atoms with Gasteiger partial charge in [-0.2, -0.15) is 0 Å². The average Bonchev–Trinajstić information content (AvgIpc) is 2.82. The number of hydrogen-bond donors (Lipinski definition) is 1. The molecule has 2 aliphatic rings. The zero-order chi connectivity index (χ0) is 24.3. The Balaban J connectivity index is 1.46. The maximum absolute atomic E-state index is 13.3. The molecule has 0 amide bonds. The number of Topliss-reactive ketones (excluding diaryl/α,β-unsaturated/α-hetero) is 1. The second-order valence-electron chi connectivity index (χ2n) is 10.2. The minimum atomic E-state index is -0.537. The molecule has 1 unspecified atom stereocenters. The van der Waals surface area contributed by atoms with E-state index in [1.54, 1.807) is 19.2 Å². The Kier molecular flexibility index (Phi) is 7.39. The molecule has 0 bridgehead atoms. The molecule has 2 aliphatic heterocycles. The minimum Gasteiger partial charge on any atom is -0.456 e. The standard InChI is InChI=1S/C28H36N2O4/c1-28(2,3)34-27(32)20-10-8-19(9-11-20)18-25(31)26-23-6-5-7-24(22(23)12-15-29-26)30-16-13-21(33-4)14-17-30/h5-11,21,26,29H,12-18H2,1-4H3. The fourth-order valence-electron chi connectivity index (χ4n) is 4.90. The van der Waals surface area contributed by atoms with E-state index in [1.807, 2.05) is 32.9 Å². The number of carbonyl (C=O) groups is 2.